The predicted octanol–water partition coefficient (Wildman–Crippen LogP) is 0.879. The Balaban J connectivity index is 2.69. The van der Waals surface area contributed by atoms with E-state index in [9.17, 15) is 12.8 Å². The summed E-state index contributed by atoms with van der Waals surface area (Å²) in [4.78, 5) is 0. The number of hydrogen-bond acceptors (Lipinski definition) is 3. The van der Waals surface area contributed by atoms with Crippen molar-refractivity contribution in [3.8, 4) is 0 Å². The van der Waals surface area contributed by atoms with Crippen LogP contribution in [0.1, 0.15) is 5.56 Å². The van der Waals surface area contributed by atoms with E-state index in [0.717, 1.165) is 6.61 Å². The van der Waals surface area contributed by atoms with Crippen molar-refractivity contribution in [1.29, 1.82) is 0 Å². The van der Waals surface area contributed by atoms with Crippen LogP contribution in [0.3, 0.4) is 0 Å². The first-order valence-electron chi connectivity index (χ1n) is 3.09. The predicted molar refractivity (Wildman–Crippen MR) is 41.2 cm³/mol. The molecular formula is C7H6FO3S. The minimum absolute atomic E-state index is 0.108. The summed E-state index contributed by atoms with van der Waals surface area (Å²) in [5.74, 6) is -0.519. The number of thiol groups is 1. The molecule has 0 amide bonds. The molecule has 0 saturated heterocycles. The largest absolute Gasteiger partial charge is 0.261 e. The van der Waals surface area contributed by atoms with Crippen molar-refractivity contribution in [2.75, 3.05) is 0 Å². The van der Waals surface area contributed by atoms with Crippen LogP contribution in [0.4, 0.5) is 4.39 Å². The van der Waals surface area contributed by atoms with Gasteiger partial charge in [0.15, 0.2) is 0 Å². The molecule has 12 heavy (non-hydrogen) atoms. The first kappa shape index (κ1) is 9.15. The van der Waals surface area contributed by atoms with Crippen molar-refractivity contribution in [2.45, 2.75) is 0 Å². The fraction of sp³-hybridized carbons (Fsp3) is 0. The SMILES string of the molecule is O=[SH](=O)O[CH]c1ccccc1F. The van der Waals surface area contributed by atoms with E-state index in [4.69, 9.17) is 0 Å². The van der Waals surface area contributed by atoms with Gasteiger partial charge in [0.25, 0.3) is 11.0 Å². The van der Waals surface area contributed by atoms with Gasteiger partial charge >= 0.3 is 0 Å². The molecule has 0 spiro atoms. The highest BCUT2D eigenvalue weighted by molar-refractivity contribution is 7.67. The van der Waals surface area contributed by atoms with Crippen molar-refractivity contribution < 1.29 is 17.0 Å². The molecule has 0 aliphatic carbocycles. The molecule has 1 radical (unpaired) electrons. The number of halogens is 1. The van der Waals surface area contributed by atoms with Gasteiger partial charge in [0.2, 0.25) is 0 Å². The van der Waals surface area contributed by atoms with E-state index in [1.54, 1.807) is 6.07 Å². The van der Waals surface area contributed by atoms with E-state index < -0.39 is 16.8 Å². The van der Waals surface area contributed by atoms with E-state index in [1.165, 1.54) is 18.2 Å². The maximum Gasteiger partial charge on any atom is 0.257 e. The Morgan fingerprint density at radius 3 is 2.58 bits per heavy atom. The molecule has 1 rings (SSSR count). The lowest BCUT2D eigenvalue weighted by molar-refractivity contribution is 0.423. The monoisotopic (exact) mass is 189 g/mol. The summed E-state index contributed by atoms with van der Waals surface area (Å²) >= 11 is 0. The molecule has 0 fully saturated rings. The van der Waals surface area contributed by atoms with Crippen LogP contribution in [0.5, 0.6) is 0 Å². The van der Waals surface area contributed by atoms with Gasteiger partial charge in [0.05, 0.1) is 0 Å². The van der Waals surface area contributed by atoms with Crippen molar-refractivity contribution in [2.24, 2.45) is 0 Å². The highest BCUT2D eigenvalue weighted by atomic mass is 32.2. The maximum absolute atomic E-state index is 12.7. The van der Waals surface area contributed by atoms with Crippen molar-refractivity contribution in [3.05, 3.63) is 42.3 Å². The molecule has 1 aromatic carbocycles. The standard InChI is InChI=1S/C7H6FO3S/c8-7-4-2-1-3-6(7)5-11-12(9)10/h1-5,12H. The Labute approximate surface area is 70.9 Å². The zero-order chi connectivity index (χ0) is 8.97. The lowest BCUT2D eigenvalue weighted by Gasteiger charge is -1.97. The van der Waals surface area contributed by atoms with Gasteiger partial charge in [-0.25, -0.2) is 12.8 Å². The number of rotatable bonds is 3. The second-order valence-corrected chi connectivity index (χ2v) is 2.63. The van der Waals surface area contributed by atoms with Crippen LogP contribution in [0, 0.1) is 12.4 Å². The summed E-state index contributed by atoms with van der Waals surface area (Å²) in [6, 6.07) is 5.71. The Morgan fingerprint density at radius 1 is 1.33 bits per heavy atom. The van der Waals surface area contributed by atoms with Gasteiger partial charge in [-0.3, -0.25) is 4.18 Å². The van der Waals surface area contributed by atoms with Crippen LogP contribution in [0.2, 0.25) is 0 Å². The van der Waals surface area contributed by atoms with E-state index in [-0.39, 0.29) is 5.56 Å². The molecule has 0 aromatic heterocycles. The van der Waals surface area contributed by atoms with E-state index in [2.05, 4.69) is 4.18 Å². The second kappa shape index (κ2) is 4.18. The zero-order valence-electron chi connectivity index (χ0n) is 5.94. The molecule has 0 aliphatic heterocycles. The third kappa shape index (κ3) is 2.60. The van der Waals surface area contributed by atoms with Crippen molar-refractivity contribution in [3.63, 3.8) is 0 Å². The lowest BCUT2D eigenvalue weighted by atomic mass is 10.2. The third-order valence-electron chi connectivity index (χ3n) is 1.17. The second-order valence-electron chi connectivity index (χ2n) is 1.97. The van der Waals surface area contributed by atoms with Gasteiger partial charge in [-0.2, -0.15) is 0 Å². The summed E-state index contributed by atoms with van der Waals surface area (Å²) in [6.07, 6.45) is 0. The maximum atomic E-state index is 12.7. The van der Waals surface area contributed by atoms with E-state index >= 15 is 0 Å². The van der Waals surface area contributed by atoms with E-state index in [0.29, 0.717) is 0 Å². The minimum Gasteiger partial charge on any atom is -0.261 e. The lowest BCUT2D eigenvalue weighted by Crippen LogP contribution is -1.90. The molecular weight excluding hydrogens is 183 g/mol. The minimum atomic E-state index is -2.96. The number of benzene rings is 1. The first-order chi connectivity index (χ1) is 5.70. The Kier molecular flexibility index (Phi) is 3.19. The molecule has 0 N–H and O–H groups in total. The Morgan fingerprint density at radius 2 is 2.00 bits per heavy atom. The molecule has 0 unspecified atom stereocenters. The summed E-state index contributed by atoms with van der Waals surface area (Å²) in [6.45, 7) is 0.848. The molecule has 0 aliphatic rings. The topological polar surface area (TPSA) is 43.4 Å². The number of hydrogen-bond donors (Lipinski definition) is 1. The molecule has 0 atom stereocenters. The Hall–Kier alpha value is -0.940. The van der Waals surface area contributed by atoms with Crippen LogP contribution in [0.15, 0.2) is 24.3 Å². The fourth-order valence-electron chi connectivity index (χ4n) is 0.670. The fourth-order valence-corrected chi connectivity index (χ4v) is 0.870. The highest BCUT2D eigenvalue weighted by Crippen LogP contribution is 2.08. The normalized spacial score (nSPS) is 10.5. The van der Waals surface area contributed by atoms with Crippen LogP contribution in [-0.4, -0.2) is 8.42 Å². The van der Waals surface area contributed by atoms with Gasteiger partial charge < -0.3 is 0 Å². The molecule has 0 saturated carbocycles. The zero-order valence-corrected chi connectivity index (χ0v) is 6.83. The summed E-state index contributed by atoms with van der Waals surface area (Å²) in [7, 11) is -2.96. The average Bonchev–Trinajstić information content (AvgIpc) is 2.03. The molecule has 0 bridgehead atoms. The van der Waals surface area contributed by atoms with Crippen LogP contribution in [0.25, 0.3) is 0 Å². The summed E-state index contributed by atoms with van der Waals surface area (Å²) in [5, 5.41) is 0. The molecule has 5 heteroatoms. The molecule has 3 nitrogen and oxygen atoms in total. The van der Waals surface area contributed by atoms with E-state index in [1.807, 2.05) is 0 Å². The van der Waals surface area contributed by atoms with Gasteiger partial charge in [-0.05, 0) is 6.07 Å². The van der Waals surface area contributed by atoms with Crippen LogP contribution >= 0.6 is 0 Å². The van der Waals surface area contributed by atoms with Gasteiger partial charge in [0, 0.05) is 5.56 Å². The molecule has 0 heterocycles. The smallest absolute Gasteiger partial charge is 0.257 e. The Bertz CT molecular complexity index is 327. The van der Waals surface area contributed by atoms with Gasteiger partial charge in [0.1, 0.15) is 12.4 Å². The first-order valence-corrected chi connectivity index (χ1v) is 4.18. The quantitative estimate of drug-likeness (QED) is 0.718. The molecule has 1 aromatic rings. The third-order valence-corrected chi connectivity index (χ3v) is 1.45. The molecule has 65 valence electrons. The average molecular weight is 189 g/mol. The summed E-state index contributed by atoms with van der Waals surface area (Å²) < 4.78 is 36.7. The summed E-state index contributed by atoms with van der Waals surface area (Å²) in [5.41, 5.74) is 0.108. The van der Waals surface area contributed by atoms with Crippen LogP contribution < -0.4 is 0 Å². The highest BCUT2D eigenvalue weighted by Gasteiger charge is 2.00. The van der Waals surface area contributed by atoms with Gasteiger partial charge in [-0.15, -0.1) is 0 Å². The van der Waals surface area contributed by atoms with Crippen LogP contribution in [-0.2, 0) is 15.2 Å². The van der Waals surface area contributed by atoms with Gasteiger partial charge in [-0.1, -0.05) is 18.2 Å². The van der Waals surface area contributed by atoms with Crippen molar-refractivity contribution >= 4 is 11.0 Å². The van der Waals surface area contributed by atoms with Crippen molar-refractivity contribution in [1.82, 2.24) is 0 Å².